The van der Waals surface area contributed by atoms with E-state index in [1.54, 1.807) is 24.3 Å². The van der Waals surface area contributed by atoms with Crippen molar-refractivity contribution in [1.82, 2.24) is 4.98 Å². The number of aliphatic hydroxyl groups excluding tert-OH is 1. The van der Waals surface area contributed by atoms with Crippen molar-refractivity contribution in [1.29, 1.82) is 0 Å². The van der Waals surface area contributed by atoms with Crippen LogP contribution in [0.15, 0.2) is 41.0 Å². The Bertz CT molecular complexity index is 516. The number of hydrogen-bond acceptors (Lipinski definition) is 3. The molecule has 0 aliphatic carbocycles. The highest BCUT2D eigenvalue weighted by molar-refractivity contribution is 9.10. The lowest BCUT2D eigenvalue weighted by atomic mass is 10.2. The molecule has 0 spiro atoms. The minimum atomic E-state index is -0.536. The molecule has 1 aromatic heterocycles. The Labute approximate surface area is 106 Å². The Hall–Kier alpha value is -1.46. The lowest BCUT2D eigenvalue weighted by Gasteiger charge is -2.06. The molecule has 0 atom stereocenters. The molecule has 0 bridgehead atoms. The van der Waals surface area contributed by atoms with E-state index in [0.29, 0.717) is 10.2 Å². The van der Waals surface area contributed by atoms with Gasteiger partial charge in [-0.25, -0.2) is 9.37 Å². The average Bonchev–Trinajstić information content (AvgIpc) is 2.34. The molecule has 1 aromatic carbocycles. The summed E-state index contributed by atoms with van der Waals surface area (Å²) >= 11 is 3.11. The van der Waals surface area contributed by atoms with Crippen molar-refractivity contribution in [3.05, 3.63) is 52.4 Å². The van der Waals surface area contributed by atoms with Gasteiger partial charge in [0, 0.05) is 10.7 Å². The van der Waals surface area contributed by atoms with Crippen molar-refractivity contribution >= 4 is 15.9 Å². The lowest BCUT2D eigenvalue weighted by molar-refractivity contribution is 0.281. The molecule has 0 aliphatic rings. The van der Waals surface area contributed by atoms with Crippen LogP contribution in [-0.4, -0.2) is 10.1 Å². The quantitative estimate of drug-likeness (QED) is 0.945. The number of halogens is 2. The fraction of sp³-hybridized carbons (Fsp3) is 0.0833. The first-order valence-electron chi connectivity index (χ1n) is 4.88. The number of pyridine rings is 1. The zero-order chi connectivity index (χ0) is 12.3. The van der Waals surface area contributed by atoms with Crippen LogP contribution in [0.2, 0.25) is 0 Å². The Balaban J connectivity index is 2.19. The summed E-state index contributed by atoms with van der Waals surface area (Å²) < 4.78 is 19.3. The van der Waals surface area contributed by atoms with Crippen molar-refractivity contribution < 1.29 is 14.2 Å². The molecular weight excluding hydrogens is 289 g/mol. The Morgan fingerprint density at radius 3 is 2.59 bits per heavy atom. The van der Waals surface area contributed by atoms with Gasteiger partial charge in [0.1, 0.15) is 5.75 Å². The topological polar surface area (TPSA) is 42.4 Å². The van der Waals surface area contributed by atoms with E-state index < -0.39 is 5.82 Å². The van der Waals surface area contributed by atoms with Gasteiger partial charge in [-0.1, -0.05) is 12.1 Å². The lowest BCUT2D eigenvalue weighted by Crippen LogP contribution is -1.92. The summed E-state index contributed by atoms with van der Waals surface area (Å²) in [5.41, 5.74) is 0.765. The zero-order valence-electron chi connectivity index (χ0n) is 8.73. The maximum Gasteiger partial charge on any atom is 0.255 e. The van der Waals surface area contributed by atoms with Gasteiger partial charge in [-0.15, -0.1) is 0 Å². The van der Waals surface area contributed by atoms with Crippen LogP contribution >= 0.6 is 15.9 Å². The normalized spacial score (nSPS) is 10.3. The van der Waals surface area contributed by atoms with Crippen molar-refractivity contribution in [2.75, 3.05) is 0 Å². The largest absolute Gasteiger partial charge is 0.436 e. The van der Waals surface area contributed by atoms with Gasteiger partial charge >= 0.3 is 0 Å². The summed E-state index contributed by atoms with van der Waals surface area (Å²) in [5, 5.41) is 8.87. The van der Waals surface area contributed by atoms with Crippen molar-refractivity contribution in [3.8, 4) is 11.6 Å². The van der Waals surface area contributed by atoms with Gasteiger partial charge < -0.3 is 9.84 Å². The van der Waals surface area contributed by atoms with Gasteiger partial charge in [0.15, 0.2) is 5.82 Å². The molecule has 5 heteroatoms. The molecule has 3 nitrogen and oxygen atoms in total. The second-order valence-corrected chi connectivity index (χ2v) is 4.26. The van der Waals surface area contributed by atoms with Gasteiger partial charge in [-0.05, 0) is 39.7 Å². The van der Waals surface area contributed by atoms with Gasteiger partial charge in [0.2, 0.25) is 0 Å². The molecule has 0 saturated carbocycles. The molecule has 0 fully saturated rings. The number of ether oxygens (including phenoxy) is 1. The molecule has 0 saturated heterocycles. The molecule has 0 aliphatic heterocycles. The van der Waals surface area contributed by atoms with E-state index in [-0.39, 0.29) is 12.5 Å². The smallest absolute Gasteiger partial charge is 0.255 e. The average molecular weight is 298 g/mol. The second-order valence-electron chi connectivity index (χ2n) is 3.34. The molecule has 2 rings (SSSR count). The van der Waals surface area contributed by atoms with Crippen LogP contribution in [-0.2, 0) is 6.61 Å². The SMILES string of the molecule is OCc1ccc(Oc2ncc(Br)cc2F)cc1. The van der Waals surface area contributed by atoms with E-state index in [1.165, 1.54) is 12.3 Å². The zero-order valence-corrected chi connectivity index (χ0v) is 10.3. The van der Waals surface area contributed by atoms with E-state index in [2.05, 4.69) is 20.9 Å². The van der Waals surface area contributed by atoms with E-state index >= 15 is 0 Å². The van der Waals surface area contributed by atoms with Gasteiger partial charge in [0.25, 0.3) is 5.88 Å². The monoisotopic (exact) mass is 297 g/mol. The number of aliphatic hydroxyl groups is 1. The van der Waals surface area contributed by atoms with Crippen molar-refractivity contribution in [2.24, 2.45) is 0 Å². The molecule has 0 unspecified atom stereocenters. The summed E-state index contributed by atoms with van der Waals surface area (Å²) in [6.45, 7) is -0.0365. The maximum atomic E-state index is 13.4. The first-order valence-corrected chi connectivity index (χ1v) is 5.67. The maximum absolute atomic E-state index is 13.4. The standard InChI is InChI=1S/C12H9BrFNO2/c13-9-5-11(14)12(15-6-9)17-10-3-1-8(7-16)2-4-10/h1-6,16H,7H2. The van der Waals surface area contributed by atoms with E-state index in [9.17, 15) is 4.39 Å². The Morgan fingerprint density at radius 2 is 2.00 bits per heavy atom. The minimum Gasteiger partial charge on any atom is -0.436 e. The molecule has 17 heavy (non-hydrogen) atoms. The van der Waals surface area contributed by atoms with Crippen LogP contribution in [0, 0.1) is 5.82 Å². The number of benzene rings is 1. The van der Waals surface area contributed by atoms with Gasteiger partial charge in [-0.2, -0.15) is 0 Å². The number of rotatable bonds is 3. The molecule has 0 amide bonds. The molecule has 1 N–H and O–H groups in total. The second kappa shape index (κ2) is 5.25. The predicted octanol–water partition coefficient (Wildman–Crippen LogP) is 3.27. The highest BCUT2D eigenvalue weighted by Gasteiger charge is 2.06. The van der Waals surface area contributed by atoms with E-state index in [1.807, 2.05) is 0 Å². The van der Waals surface area contributed by atoms with Crippen LogP contribution in [0.1, 0.15) is 5.56 Å². The summed E-state index contributed by atoms with van der Waals surface area (Å²) in [6, 6.07) is 7.98. The highest BCUT2D eigenvalue weighted by atomic mass is 79.9. The summed E-state index contributed by atoms with van der Waals surface area (Å²) in [5.74, 6) is -0.147. The first kappa shape index (κ1) is 12.0. The third-order valence-corrected chi connectivity index (χ3v) is 2.53. The van der Waals surface area contributed by atoms with Crippen LogP contribution in [0.3, 0.4) is 0 Å². The van der Waals surface area contributed by atoms with Crippen molar-refractivity contribution in [2.45, 2.75) is 6.61 Å². The molecular formula is C12H9BrFNO2. The predicted molar refractivity (Wildman–Crippen MR) is 64.3 cm³/mol. The minimum absolute atomic E-state index is 0.0365. The summed E-state index contributed by atoms with van der Waals surface area (Å²) in [6.07, 6.45) is 1.46. The third-order valence-electron chi connectivity index (χ3n) is 2.09. The molecule has 2 aromatic rings. The van der Waals surface area contributed by atoms with Crippen LogP contribution in [0.4, 0.5) is 4.39 Å². The van der Waals surface area contributed by atoms with Crippen molar-refractivity contribution in [3.63, 3.8) is 0 Å². The third kappa shape index (κ3) is 3.01. The van der Waals surface area contributed by atoms with Gasteiger partial charge in [-0.3, -0.25) is 0 Å². The number of nitrogens with zero attached hydrogens (tertiary/aromatic N) is 1. The summed E-state index contributed by atoms with van der Waals surface area (Å²) in [4.78, 5) is 3.82. The van der Waals surface area contributed by atoms with E-state index in [0.717, 1.165) is 5.56 Å². The number of aromatic nitrogens is 1. The molecule has 0 radical (unpaired) electrons. The Morgan fingerprint density at radius 1 is 1.29 bits per heavy atom. The highest BCUT2D eigenvalue weighted by Crippen LogP contribution is 2.24. The molecule has 88 valence electrons. The Kier molecular flexibility index (Phi) is 3.71. The summed E-state index contributed by atoms with van der Waals surface area (Å²) in [7, 11) is 0. The van der Waals surface area contributed by atoms with E-state index in [4.69, 9.17) is 9.84 Å². The fourth-order valence-corrected chi connectivity index (χ4v) is 1.56. The fourth-order valence-electron chi connectivity index (χ4n) is 1.25. The van der Waals surface area contributed by atoms with Crippen LogP contribution < -0.4 is 4.74 Å². The van der Waals surface area contributed by atoms with Crippen LogP contribution in [0.5, 0.6) is 11.6 Å². The number of hydrogen-bond donors (Lipinski definition) is 1. The first-order chi connectivity index (χ1) is 8.19. The molecule has 1 heterocycles. The van der Waals surface area contributed by atoms with Crippen LogP contribution in [0.25, 0.3) is 0 Å². The van der Waals surface area contributed by atoms with Gasteiger partial charge in [0.05, 0.1) is 6.61 Å².